The molecule has 0 saturated carbocycles. The summed E-state index contributed by atoms with van der Waals surface area (Å²) in [6.45, 7) is 2.08. The van der Waals surface area contributed by atoms with E-state index in [0.29, 0.717) is 11.5 Å². The van der Waals surface area contributed by atoms with E-state index in [2.05, 4.69) is 19.1 Å². The molecular weight excluding hydrogens is 321 g/mol. The number of benzene rings is 3. The van der Waals surface area contributed by atoms with Gasteiger partial charge in [-0.1, -0.05) is 72.3 Å². The second-order valence-corrected chi connectivity index (χ2v) is 6.45. The van der Waals surface area contributed by atoms with Crippen LogP contribution in [0.4, 0.5) is 0 Å². The molecule has 3 aromatic carbocycles. The number of aryl methyl sites for hydroxylation is 1. The van der Waals surface area contributed by atoms with Gasteiger partial charge in [0.25, 0.3) is 0 Å². The normalized spacial score (nSPS) is 10.2. The maximum absolute atomic E-state index is 11.9. The number of nitrogens with two attached hydrogens (primary N) is 1. The molecule has 0 aromatic heterocycles. The minimum atomic E-state index is -3.64. The first kappa shape index (κ1) is 17.8. The Bertz CT molecular complexity index is 719. The van der Waals surface area contributed by atoms with Gasteiger partial charge in [-0.05, 0) is 31.2 Å². The summed E-state index contributed by atoms with van der Waals surface area (Å²) in [6.07, 6.45) is 0. The van der Waals surface area contributed by atoms with Crippen molar-refractivity contribution in [2.45, 2.75) is 6.92 Å². The summed E-state index contributed by atoms with van der Waals surface area (Å²) < 4.78 is 22.1. The smallest absolute Gasteiger partial charge is 0.405 e. The molecule has 0 aliphatic rings. The largest absolute Gasteiger partial charge is 0.510 e. The van der Waals surface area contributed by atoms with Gasteiger partial charge < -0.3 is 9.05 Å². The lowest BCUT2D eigenvalue weighted by molar-refractivity contribution is 0.387. The molecule has 0 atom stereocenters. The molecule has 0 aliphatic carbocycles. The van der Waals surface area contributed by atoms with Crippen LogP contribution in [-0.4, -0.2) is 0 Å². The molecule has 124 valence electrons. The minimum absolute atomic E-state index is 0.411. The summed E-state index contributed by atoms with van der Waals surface area (Å²) in [6, 6.07) is 27.6. The lowest BCUT2D eigenvalue weighted by atomic mass is 10.2. The summed E-state index contributed by atoms with van der Waals surface area (Å²) in [5.41, 5.74) is 6.81. The van der Waals surface area contributed by atoms with E-state index in [-0.39, 0.29) is 0 Å². The molecule has 0 aliphatic heterocycles. The predicted molar refractivity (Wildman–Crippen MR) is 97.1 cm³/mol. The highest BCUT2D eigenvalue weighted by Crippen LogP contribution is 2.40. The standard InChI is InChI=1S/C12H12NO3P.C7H8/c13-17(14,15-11-7-3-1-4-8-11)16-12-9-5-2-6-10-12;1-7-5-3-2-4-6-7/h1-10H,(H2,13,14);2-6H,1H3. The highest BCUT2D eigenvalue weighted by molar-refractivity contribution is 7.52. The average Bonchev–Trinajstić information content (AvgIpc) is 2.57. The SMILES string of the molecule is Cc1ccccc1.NP(=O)(Oc1ccccc1)Oc1ccccc1. The molecule has 0 bridgehead atoms. The van der Waals surface area contributed by atoms with Crippen molar-refractivity contribution in [2.24, 2.45) is 5.50 Å². The van der Waals surface area contributed by atoms with E-state index in [4.69, 9.17) is 14.6 Å². The van der Waals surface area contributed by atoms with Crippen LogP contribution < -0.4 is 14.6 Å². The van der Waals surface area contributed by atoms with Gasteiger partial charge in [-0.3, -0.25) is 0 Å². The average molecular weight is 341 g/mol. The molecule has 0 saturated heterocycles. The molecule has 0 fully saturated rings. The van der Waals surface area contributed by atoms with Crippen molar-refractivity contribution in [3.05, 3.63) is 96.6 Å². The zero-order valence-corrected chi connectivity index (χ0v) is 14.3. The third kappa shape index (κ3) is 6.69. The van der Waals surface area contributed by atoms with Gasteiger partial charge >= 0.3 is 7.75 Å². The third-order valence-corrected chi connectivity index (χ3v) is 3.82. The monoisotopic (exact) mass is 341 g/mol. The molecule has 0 heterocycles. The topological polar surface area (TPSA) is 61.6 Å². The van der Waals surface area contributed by atoms with Gasteiger partial charge in [-0.15, -0.1) is 0 Å². The van der Waals surface area contributed by atoms with Crippen molar-refractivity contribution < 1.29 is 13.6 Å². The minimum Gasteiger partial charge on any atom is -0.405 e. The second kappa shape index (κ2) is 8.92. The van der Waals surface area contributed by atoms with E-state index in [1.165, 1.54) is 5.56 Å². The highest BCUT2D eigenvalue weighted by atomic mass is 31.2. The van der Waals surface area contributed by atoms with Crippen molar-refractivity contribution in [1.82, 2.24) is 0 Å². The van der Waals surface area contributed by atoms with Crippen molar-refractivity contribution in [1.29, 1.82) is 0 Å². The third-order valence-electron chi connectivity index (χ3n) is 2.89. The molecule has 5 heteroatoms. The lowest BCUT2D eigenvalue weighted by Gasteiger charge is -2.14. The fourth-order valence-electron chi connectivity index (χ4n) is 1.81. The Hall–Kier alpha value is -2.55. The van der Waals surface area contributed by atoms with Gasteiger partial charge in [-0.2, -0.15) is 0 Å². The molecule has 0 spiro atoms. The van der Waals surface area contributed by atoms with Crippen LogP contribution in [0.15, 0.2) is 91.0 Å². The summed E-state index contributed by atoms with van der Waals surface area (Å²) >= 11 is 0. The van der Waals surface area contributed by atoms with Gasteiger partial charge in [0.1, 0.15) is 11.5 Å². The molecule has 2 N–H and O–H groups in total. The van der Waals surface area contributed by atoms with Crippen molar-refractivity contribution >= 4 is 7.75 Å². The molecular formula is C19H20NO3P. The highest BCUT2D eigenvalue weighted by Gasteiger charge is 2.21. The molecule has 0 radical (unpaired) electrons. The summed E-state index contributed by atoms with van der Waals surface area (Å²) in [5, 5.41) is 0. The van der Waals surface area contributed by atoms with Crippen LogP contribution in [-0.2, 0) is 4.57 Å². The zero-order valence-electron chi connectivity index (χ0n) is 13.4. The molecule has 3 rings (SSSR count). The number of para-hydroxylation sites is 2. The molecule has 0 unspecified atom stereocenters. The Labute approximate surface area is 142 Å². The van der Waals surface area contributed by atoms with Crippen molar-refractivity contribution in [3.8, 4) is 11.5 Å². The molecule has 24 heavy (non-hydrogen) atoms. The van der Waals surface area contributed by atoms with Gasteiger partial charge in [0.2, 0.25) is 0 Å². The Morgan fingerprint density at radius 3 is 1.29 bits per heavy atom. The number of hydrogen-bond donors (Lipinski definition) is 1. The van der Waals surface area contributed by atoms with Crippen LogP contribution >= 0.6 is 7.75 Å². The summed E-state index contributed by atoms with van der Waals surface area (Å²) in [5.74, 6) is 0.823. The first-order chi connectivity index (χ1) is 11.6. The fraction of sp³-hybridized carbons (Fsp3) is 0.0526. The first-order valence-corrected chi connectivity index (χ1v) is 9.06. The van der Waals surface area contributed by atoms with E-state index >= 15 is 0 Å². The zero-order chi connectivity index (χ0) is 17.3. The Balaban J connectivity index is 0.000000249. The van der Waals surface area contributed by atoms with Crippen molar-refractivity contribution in [3.63, 3.8) is 0 Å². The van der Waals surface area contributed by atoms with Crippen LogP contribution in [0, 0.1) is 6.92 Å². The van der Waals surface area contributed by atoms with E-state index in [0.717, 1.165) is 0 Å². The van der Waals surface area contributed by atoms with Gasteiger partial charge in [0.05, 0.1) is 0 Å². The van der Waals surface area contributed by atoms with Crippen LogP contribution in [0.3, 0.4) is 0 Å². The van der Waals surface area contributed by atoms with E-state index in [1.54, 1.807) is 48.5 Å². The van der Waals surface area contributed by atoms with Crippen LogP contribution in [0.1, 0.15) is 5.56 Å². The number of hydrogen-bond acceptors (Lipinski definition) is 3. The summed E-state index contributed by atoms with van der Waals surface area (Å²) in [7, 11) is -3.64. The molecule has 0 amide bonds. The first-order valence-electron chi connectivity index (χ1n) is 7.45. The van der Waals surface area contributed by atoms with Crippen LogP contribution in [0.2, 0.25) is 0 Å². The quantitative estimate of drug-likeness (QED) is 0.662. The van der Waals surface area contributed by atoms with Crippen molar-refractivity contribution in [2.75, 3.05) is 0 Å². The Morgan fingerprint density at radius 2 is 1.00 bits per heavy atom. The van der Waals surface area contributed by atoms with Gasteiger partial charge in [0, 0.05) is 0 Å². The van der Waals surface area contributed by atoms with E-state index < -0.39 is 7.75 Å². The maximum Gasteiger partial charge on any atom is 0.510 e. The molecule has 3 aromatic rings. The lowest BCUT2D eigenvalue weighted by Crippen LogP contribution is -2.08. The predicted octanol–water partition coefficient (Wildman–Crippen LogP) is 5.21. The van der Waals surface area contributed by atoms with E-state index in [9.17, 15) is 4.57 Å². The van der Waals surface area contributed by atoms with Crippen LogP contribution in [0.25, 0.3) is 0 Å². The van der Waals surface area contributed by atoms with Crippen LogP contribution in [0.5, 0.6) is 11.5 Å². The molecule has 4 nitrogen and oxygen atoms in total. The fourth-order valence-corrected chi connectivity index (χ4v) is 2.68. The summed E-state index contributed by atoms with van der Waals surface area (Å²) in [4.78, 5) is 0. The van der Waals surface area contributed by atoms with Gasteiger partial charge in [-0.25, -0.2) is 10.1 Å². The van der Waals surface area contributed by atoms with Gasteiger partial charge in [0.15, 0.2) is 0 Å². The number of rotatable bonds is 4. The maximum atomic E-state index is 11.9. The van der Waals surface area contributed by atoms with E-state index in [1.807, 2.05) is 30.3 Å². The Kier molecular flexibility index (Phi) is 6.62. The Morgan fingerprint density at radius 1 is 0.667 bits per heavy atom. The second-order valence-electron chi connectivity index (χ2n) is 5.00.